The third kappa shape index (κ3) is 4.36. The number of rotatable bonds is 1. The average Bonchev–Trinajstić information content (AvgIpc) is 1.64. The second kappa shape index (κ2) is 4.70. The van der Waals surface area contributed by atoms with Crippen LogP contribution in [0.1, 0.15) is 20.8 Å². The molecule has 0 saturated heterocycles. The van der Waals surface area contributed by atoms with E-state index in [1.165, 1.54) is 0 Å². The van der Waals surface area contributed by atoms with Crippen molar-refractivity contribution in [2.24, 2.45) is 0 Å². The van der Waals surface area contributed by atoms with Crippen LogP contribution in [-0.2, 0) is 4.79 Å². The molecule has 0 aromatic carbocycles. The number of allylic oxidation sites excluding steroid dienone is 1. The van der Waals surface area contributed by atoms with E-state index in [0.717, 1.165) is 5.57 Å². The molecule has 0 heterocycles. The zero-order valence-corrected chi connectivity index (χ0v) is 5.36. The molecule has 0 bridgehead atoms. The average molecular weight is 187 g/mol. The standard InChI is InChI=1S/C6H10O2.Ga.3H/c1-4(2)5(3)6(7)8;;;;/h1-3H3,(H,7,8);;;;. The number of carbonyl (C=O) groups is 1. The second-order valence-electron chi connectivity index (χ2n) is 1.93. The Bertz CT molecular complexity index is 134. The summed E-state index contributed by atoms with van der Waals surface area (Å²) in [6.07, 6.45) is 0. The van der Waals surface area contributed by atoms with E-state index in [0.29, 0.717) is 5.57 Å². The molecule has 0 radical (unpaired) electrons. The summed E-state index contributed by atoms with van der Waals surface area (Å²) in [4.78, 5) is 10.1. The van der Waals surface area contributed by atoms with Crippen LogP contribution in [0.4, 0.5) is 0 Å². The minimum atomic E-state index is -0.829. The van der Waals surface area contributed by atoms with Gasteiger partial charge in [-0.2, -0.15) is 0 Å². The van der Waals surface area contributed by atoms with Crippen LogP contribution in [0.15, 0.2) is 11.1 Å². The van der Waals surface area contributed by atoms with Gasteiger partial charge < -0.3 is 5.11 Å². The molecule has 2 nitrogen and oxygen atoms in total. The van der Waals surface area contributed by atoms with Crippen molar-refractivity contribution in [3.05, 3.63) is 11.1 Å². The molecule has 0 aromatic rings. The predicted octanol–water partition coefficient (Wildman–Crippen LogP) is 0.243. The van der Waals surface area contributed by atoms with Gasteiger partial charge in [-0.05, 0) is 20.8 Å². The zero-order chi connectivity index (χ0) is 6.73. The molecule has 1 N–H and O–H groups in total. The molecule has 52 valence electrons. The zero-order valence-electron chi connectivity index (χ0n) is 5.36. The number of aliphatic carboxylic acids is 1. The van der Waals surface area contributed by atoms with Crippen LogP contribution >= 0.6 is 0 Å². The number of carboxylic acid groups (broad SMARTS) is 1. The van der Waals surface area contributed by atoms with Gasteiger partial charge in [0.05, 0.1) is 0 Å². The van der Waals surface area contributed by atoms with Crippen molar-refractivity contribution >= 4 is 25.8 Å². The Labute approximate surface area is 68.0 Å². The molecular formula is C6H13GaO2. The SMILES string of the molecule is CC(C)=C(C)C(=O)O.[GaH3]. The van der Waals surface area contributed by atoms with Crippen LogP contribution in [-0.4, -0.2) is 30.9 Å². The first-order valence-electron chi connectivity index (χ1n) is 2.43. The number of carboxylic acids is 1. The van der Waals surface area contributed by atoms with Gasteiger partial charge in [-0.15, -0.1) is 0 Å². The Hall–Kier alpha value is -0.154. The molecule has 0 aliphatic carbocycles. The van der Waals surface area contributed by atoms with Crippen LogP contribution in [0.2, 0.25) is 0 Å². The molecule has 0 atom stereocenters. The molecule has 0 aliphatic rings. The summed E-state index contributed by atoms with van der Waals surface area (Å²) in [5, 5.41) is 8.29. The van der Waals surface area contributed by atoms with E-state index in [1.807, 2.05) is 0 Å². The van der Waals surface area contributed by atoms with Gasteiger partial charge in [0.2, 0.25) is 0 Å². The van der Waals surface area contributed by atoms with E-state index >= 15 is 0 Å². The van der Waals surface area contributed by atoms with E-state index in [1.54, 1.807) is 20.8 Å². The molecule has 0 spiro atoms. The molecule has 0 aliphatic heterocycles. The Balaban J connectivity index is 0. The van der Waals surface area contributed by atoms with Gasteiger partial charge >= 0.3 is 25.8 Å². The van der Waals surface area contributed by atoms with Crippen LogP contribution in [0, 0.1) is 0 Å². The van der Waals surface area contributed by atoms with Crippen molar-refractivity contribution in [2.75, 3.05) is 0 Å². The van der Waals surface area contributed by atoms with Gasteiger partial charge in [0, 0.05) is 5.57 Å². The van der Waals surface area contributed by atoms with E-state index in [2.05, 4.69) is 0 Å². The first-order chi connectivity index (χ1) is 3.55. The van der Waals surface area contributed by atoms with Crippen molar-refractivity contribution in [3.8, 4) is 0 Å². The quantitative estimate of drug-likeness (QED) is 0.471. The van der Waals surface area contributed by atoms with Crippen LogP contribution in [0.5, 0.6) is 0 Å². The monoisotopic (exact) mass is 186 g/mol. The van der Waals surface area contributed by atoms with E-state index in [-0.39, 0.29) is 19.8 Å². The minimum absolute atomic E-state index is 0. The van der Waals surface area contributed by atoms with E-state index in [4.69, 9.17) is 5.11 Å². The first kappa shape index (κ1) is 11.6. The van der Waals surface area contributed by atoms with E-state index < -0.39 is 5.97 Å². The van der Waals surface area contributed by atoms with Crippen LogP contribution in [0.25, 0.3) is 0 Å². The van der Waals surface area contributed by atoms with Gasteiger partial charge in [-0.3, -0.25) is 0 Å². The third-order valence-electron chi connectivity index (χ3n) is 1.07. The van der Waals surface area contributed by atoms with Gasteiger partial charge in [0.15, 0.2) is 0 Å². The van der Waals surface area contributed by atoms with Gasteiger partial charge in [0.25, 0.3) is 0 Å². The topological polar surface area (TPSA) is 37.3 Å². The molecule has 0 aromatic heterocycles. The summed E-state index contributed by atoms with van der Waals surface area (Å²) < 4.78 is 0. The van der Waals surface area contributed by atoms with Crippen molar-refractivity contribution < 1.29 is 9.90 Å². The summed E-state index contributed by atoms with van der Waals surface area (Å²) in [6, 6.07) is 0. The summed E-state index contributed by atoms with van der Waals surface area (Å²) in [5.41, 5.74) is 1.29. The fraction of sp³-hybridized carbons (Fsp3) is 0.500. The molecule has 3 heteroatoms. The summed E-state index contributed by atoms with van der Waals surface area (Å²) in [5.74, 6) is -0.829. The number of hydrogen-bond donors (Lipinski definition) is 1. The van der Waals surface area contributed by atoms with E-state index in [9.17, 15) is 4.79 Å². The predicted molar refractivity (Wildman–Crippen MR) is 41.6 cm³/mol. The Morgan fingerprint density at radius 2 is 1.56 bits per heavy atom. The Morgan fingerprint density at radius 3 is 1.56 bits per heavy atom. The van der Waals surface area contributed by atoms with Crippen molar-refractivity contribution in [3.63, 3.8) is 0 Å². The van der Waals surface area contributed by atoms with Crippen molar-refractivity contribution in [2.45, 2.75) is 20.8 Å². The summed E-state index contributed by atoms with van der Waals surface area (Å²) in [6.45, 7) is 5.16. The second-order valence-corrected chi connectivity index (χ2v) is 1.93. The maximum absolute atomic E-state index is 10.1. The molecule has 0 fully saturated rings. The normalized spacial score (nSPS) is 7.44. The number of hydrogen-bond acceptors (Lipinski definition) is 1. The molecule has 0 saturated carbocycles. The first-order valence-corrected chi connectivity index (χ1v) is 2.43. The molecule has 0 amide bonds. The summed E-state index contributed by atoms with van der Waals surface area (Å²) >= 11 is 0. The third-order valence-corrected chi connectivity index (χ3v) is 1.07. The van der Waals surface area contributed by atoms with Crippen molar-refractivity contribution in [1.82, 2.24) is 0 Å². The van der Waals surface area contributed by atoms with Gasteiger partial charge in [-0.25, -0.2) is 4.79 Å². The van der Waals surface area contributed by atoms with Gasteiger partial charge in [0.1, 0.15) is 0 Å². The van der Waals surface area contributed by atoms with Crippen molar-refractivity contribution in [1.29, 1.82) is 0 Å². The molecule has 0 rings (SSSR count). The van der Waals surface area contributed by atoms with Gasteiger partial charge in [-0.1, -0.05) is 5.57 Å². The fourth-order valence-corrected chi connectivity index (χ4v) is 0.214. The maximum atomic E-state index is 10.1. The molecule has 0 unspecified atom stereocenters. The summed E-state index contributed by atoms with van der Waals surface area (Å²) in [7, 11) is 0. The molecule has 9 heavy (non-hydrogen) atoms. The van der Waals surface area contributed by atoms with Crippen LogP contribution in [0.3, 0.4) is 0 Å². The molecular weight excluding hydrogens is 174 g/mol. The fourth-order valence-electron chi connectivity index (χ4n) is 0.214. The van der Waals surface area contributed by atoms with Crippen LogP contribution < -0.4 is 0 Å². The Kier molecular flexibility index (Phi) is 6.07. The Morgan fingerprint density at radius 1 is 1.22 bits per heavy atom.